The lowest BCUT2D eigenvalue weighted by Gasteiger charge is -2.07. The molecule has 0 aliphatic carbocycles. The van der Waals surface area contributed by atoms with Crippen molar-refractivity contribution in [1.82, 2.24) is 25.1 Å². The highest BCUT2D eigenvalue weighted by molar-refractivity contribution is 6.31. The lowest BCUT2D eigenvalue weighted by Crippen LogP contribution is -1.99. The van der Waals surface area contributed by atoms with Gasteiger partial charge < -0.3 is 14.0 Å². The molecule has 0 aliphatic rings. The molecule has 2 aromatic carbocycles. The molecule has 9 heteroatoms. The van der Waals surface area contributed by atoms with Crippen LogP contribution in [0.2, 0.25) is 5.02 Å². The smallest absolute Gasteiger partial charge is 0.280 e. The maximum absolute atomic E-state index is 6.24. The maximum Gasteiger partial charge on any atom is 0.280 e. The molecule has 0 N–H and O–H groups in total. The molecular formula is C20H18ClN5O3. The third kappa shape index (κ3) is 3.42. The summed E-state index contributed by atoms with van der Waals surface area (Å²) in [6, 6.07) is 11.1. The van der Waals surface area contributed by atoms with Crippen molar-refractivity contribution >= 4 is 11.6 Å². The molecule has 0 saturated heterocycles. The van der Waals surface area contributed by atoms with Gasteiger partial charge in [-0.05, 0) is 49.7 Å². The number of hydrogen-bond acceptors (Lipinski definition) is 7. The Morgan fingerprint density at radius 1 is 1.00 bits per heavy atom. The molecule has 0 fully saturated rings. The number of rotatable bonds is 5. The van der Waals surface area contributed by atoms with E-state index >= 15 is 0 Å². The zero-order valence-corrected chi connectivity index (χ0v) is 17.1. The van der Waals surface area contributed by atoms with Crippen molar-refractivity contribution in [2.75, 3.05) is 14.2 Å². The first-order valence-electron chi connectivity index (χ1n) is 8.77. The fraction of sp³-hybridized carbons (Fsp3) is 0.200. The zero-order chi connectivity index (χ0) is 20.5. The Balaban J connectivity index is 1.69. The highest BCUT2D eigenvalue weighted by atomic mass is 35.5. The number of hydrogen-bond donors (Lipinski definition) is 0. The number of halogens is 1. The van der Waals surface area contributed by atoms with Gasteiger partial charge in [0.25, 0.3) is 5.89 Å². The summed E-state index contributed by atoms with van der Waals surface area (Å²) in [7, 11) is 3.15. The number of nitrogens with zero attached hydrogens (tertiary/aromatic N) is 5. The average Bonchev–Trinajstić information content (AvgIpc) is 3.36. The van der Waals surface area contributed by atoms with Gasteiger partial charge in [0.05, 0.1) is 25.6 Å². The SMILES string of the molecule is COc1ccc(-c2noc(-c3nnn(-c4ccc(C)c(Cl)c4)c3C)n2)cc1OC. The molecule has 0 radical (unpaired) electrons. The van der Waals surface area contributed by atoms with Crippen LogP contribution in [0.3, 0.4) is 0 Å². The summed E-state index contributed by atoms with van der Waals surface area (Å²) in [5, 5.41) is 13.1. The molecule has 8 nitrogen and oxygen atoms in total. The second-order valence-corrected chi connectivity index (χ2v) is 6.77. The van der Waals surface area contributed by atoms with E-state index in [1.807, 2.05) is 38.1 Å². The summed E-state index contributed by atoms with van der Waals surface area (Å²) in [6.07, 6.45) is 0. The molecule has 0 saturated carbocycles. The molecule has 0 amide bonds. The van der Waals surface area contributed by atoms with E-state index in [0.717, 1.165) is 22.5 Å². The fourth-order valence-electron chi connectivity index (χ4n) is 2.90. The largest absolute Gasteiger partial charge is 0.493 e. The summed E-state index contributed by atoms with van der Waals surface area (Å²) < 4.78 is 17.7. The van der Waals surface area contributed by atoms with Crippen molar-refractivity contribution < 1.29 is 14.0 Å². The molecule has 0 atom stereocenters. The topological polar surface area (TPSA) is 88.1 Å². The molecule has 0 spiro atoms. The quantitative estimate of drug-likeness (QED) is 0.484. The predicted molar refractivity (Wildman–Crippen MR) is 108 cm³/mol. The van der Waals surface area contributed by atoms with E-state index in [0.29, 0.717) is 28.0 Å². The molecule has 2 aromatic heterocycles. The van der Waals surface area contributed by atoms with Gasteiger partial charge in [-0.25, -0.2) is 4.68 Å². The number of methoxy groups -OCH3 is 2. The maximum atomic E-state index is 6.24. The van der Waals surface area contributed by atoms with Crippen molar-refractivity contribution in [2.24, 2.45) is 0 Å². The van der Waals surface area contributed by atoms with Crippen LogP contribution >= 0.6 is 11.6 Å². The molecule has 4 aromatic rings. The van der Waals surface area contributed by atoms with E-state index in [-0.39, 0.29) is 5.89 Å². The zero-order valence-electron chi connectivity index (χ0n) is 16.3. The molecule has 29 heavy (non-hydrogen) atoms. The summed E-state index contributed by atoms with van der Waals surface area (Å²) in [5.74, 6) is 1.88. The van der Waals surface area contributed by atoms with Gasteiger partial charge in [0.1, 0.15) is 0 Å². The van der Waals surface area contributed by atoms with Crippen LogP contribution in [-0.4, -0.2) is 39.4 Å². The van der Waals surface area contributed by atoms with Crippen molar-refractivity contribution in [3.05, 3.63) is 52.7 Å². The molecular weight excluding hydrogens is 394 g/mol. The monoisotopic (exact) mass is 411 g/mol. The third-order valence-corrected chi connectivity index (χ3v) is 4.97. The minimum absolute atomic E-state index is 0.275. The van der Waals surface area contributed by atoms with E-state index in [1.54, 1.807) is 31.0 Å². The number of ether oxygens (including phenoxy) is 2. The first kappa shape index (κ1) is 18.9. The van der Waals surface area contributed by atoms with E-state index in [1.165, 1.54) is 0 Å². The Morgan fingerprint density at radius 2 is 1.79 bits per heavy atom. The van der Waals surface area contributed by atoms with Gasteiger partial charge in [-0.2, -0.15) is 4.98 Å². The van der Waals surface area contributed by atoms with Gasteiger partial charge in [-0.15, -0.1) is 5.10 Å². The number of aryl methyl sites for hydroxylation is 1. The van der Waals surface area contributed by atoms with Gasteiger partial charge in [-0.3, -0.25) is 0 Å². The van der Waals surface area contributed by atoms with Crippen LogP contribution in [0.25, 0.3) is 28.7 Å². The van der Waals surface area contributed by atoms with Gasteiger partial charge >= 0.3 is 0 Å². The molecule has 0 unspecified atom stereocenters. The van der Waals surface area contributed by atoms with Crippen LogP contribution in [0.15, 0.2) is 40.9 Å². The Morgan fingerprint density at radius 3 is 2.52 bits per heavy atom. The molecule has 0 aliphatic heterocycles. The second-order valence-electron chi connectivity index (χ2n) is 6.36. The third-order valence-electron chi connectivity index (χ3n) is 4.56. The fourth-order valence-corrected chi connectivity index (χ4v) is 3.07. The van der Waals surface area contributed by atoms with Crippen LogP contribution < -0.4 is 9.47 Å². The molecule has 148 valence electrons. The van der Waals surface area contributed by atoms with Crippen LogP contribution in [0.5, 0.6) is 11.5 Å². The van der Waals surface area contributed by atoms with Crippen LogP contribution in [-0.2, 0) is 0 Å². The first-order chi connectivity index (χ1) is 14.0. The van der Waals surface area contributed by atoms with E-state index in [2.05, 4.69) is 20.5 Å². The van der Waals surface area contributed by atoms with Gasteiger partial charge in [0.15, 0.2) is 17.2 Å². The van der Waals surface area contributed by atoms with Crippen molar-refractivity contribution in [2.45, 2.75) is 13.8 Å². The number of benzene rings is 2. The van der Waals surface area contributed by atoms with E-state index in [4.69, 9.17) is 25.6 Å². The van der Waals surface area contributed by atoms with Crippen LogP contribution in [0, 0.1) is 13.8 Å². The number of aromatic nitrogens is 5. The van der Waals surface area contributed by atoms with Gasteiger partial charge in [-0.1, -0.05) is 28.0 Å². The van der Waals surface area contributed by atoms with Crippen molar-refractivity contribution in [3.8, 4) is 40.2 Å². The van der Waals surface area contributed by atoms with E-state index < -0.39 is 0 Å². The Bertz CT molecular complexity index is 1180. The highest BCUT2D eigenvalue weighted by Crippen LogP contribution is 2.32. The summed E-state index contributed by atoms with van der Waals surface area (Å²) in [4.78, 5) is 4.47. The summed E-state index contributed by atoms with van der Waals surface area (Å²) in [5.41, 5.74) is 3.78. The second kappa shape index (κ2) is 7.56. The normalized spacial score (nSPS) is 10.9. The Kier molecular flexibility index (Phi) is 4.94. The minimum atomic E-state index is 0.275. The van der Waals surface area contributed by atoms with Crippen LogP contribution in [0.4, 0.5) is 0 Å². The standard InChI is InChI=1S/C20H18ClN5O3/c1-11-5-7-14(10-15(11)21)26-12(2)18(23-25-26)20-22-19(24-29-20)13-6-8-16(27-3)17(9-13)28-4/h5-10H,1-4H3. The average molecular weight is 412 g/mol. The summed E-state index contributed by atoms with van der Waals surface area (Å²) in [6.45, 7) is 3.82. The Labute approximate surface area is 172 Å². The molecule has 2 heterocycles. The lowest BCUT2D eigenvalue weighted by molar-refractivity contribution is 0.355. The van der Waals surface area contributed by atoms with Crippen molar-refractivity contribution in [3.63, 3.8) is 0 Å². The van der Waals surface area contributed by atoms with Crippen LogP contribution in [0.1, 0.15) is 11.3 Å². The molecule has 0 bridgehead atoms. The van der Waals surface area contributed by atoms with Gasteiger partial charge in [0, 0.05) is 10.6 Å². The lowest BCUT2D eigenvalue weighted by atomic mass is 10.2. The van der Waals surface area contributed by atoms with E-state index in [9.17, 15) is 0 Å². The summed E-state index contributed by atoms with van der Waals surface area (Å²) >= 11 is 6.24. The molecule has 4 rings (SSSR count). The first-order valence-corrected chi connectivity index (χ1v) is 9.15. The van der Waals surface area contributed by atoms with Crippen molar-refractivity contribution in [1.29, 1.82) is 0 Å². The minimum Gasteiger partial charge on any atom is -0.493 e. The van der Waals surface area contributed by atoms with Gasteiger partial charge in [0.2, 0.25) is 5.82 Å². The Hall–Kier alpha value is -3.39. The predicted octanol–water partition coefficient (Wildman–Crippen LogP) is 4.27. The highest BCUT2D eigenvalue weighted by Gasteiger charge is 2.20.